The van der Waals surface area contributed by atoms with Crippen molar-refractivity contribution < 1.29 is 13.6 Å². The Labute approximate surface area is 171 Å². The summed E-state index contributed by atoms with van der Waals surface area (Å²) >= 11 is 0. The van der Waals surface area contributed by atoms with Crippen LogP contribution in [-0.2, 0) is 18.5 Å². The van der Waals surface area contributed by atoms with Crippen molar-refractivity contribution in [1.82, 2.24) is 19.8 Å². The predicted molar refractivity (Wildman–Crippen MR) is 107 cm³/mol. The number of nitrogens with zero attached hydrogens (tertiary/aromatic N) is 5. The van der Waals surface area contributed by atoms with Gasteiger partial charge >= 0.3 is 5.69 Å². The molecule has 0 saturated heterocycles. The number of aryl methyl sites for hydroxylation is 1. The lowest BCUT2D eigenvalue weighted by Gasteiger charge is -2.13. The molecule has 1 heterocycles. The maximum atomic E-state index is 12.9. The highest BCUT2D eigenvalue weighted by molar-refractivity contribution is 5.98. The third-order valence-corrected chi connectivity index (χ3v) is 5.12. The van der Waals surface area contributed by atoms with Crippen LogP contribution in [-0.4, -0.2) is 25.5 Å². The molecule has 0 N–H and O–H groups in total. The molecule has 0 spiro atoms. The van der Waals surface area contributed by atoms with E-state index in [0.717, 1.165) is 28.7 Å². The Balaban J connectivity index is 1.61. The van der Waals surface area contributed by atoms with Gasteiger partial charge in [0.2, 0.25) is 0 Å². The molecule has 0 bridgehead atoms. The van der Waals surface area contributed by atoms with Crippen molar-refractivity contribution in [3.05, 3.63) is 75.2 Å². The number of alkyl halides is 2. The topological polar surface area (TPSA) is 74.3 Å². The van der Waals surface area contributed by atoms with Gasteiger partial charge in [-0.2, -0.15) is 9.36 Å². The van der Waals surface area contributed by atoms with Crippen molar-refractivity contribution >= 4 is 5.71 Å². The lowest BCUT2D eigenvalue weighted by molar-refractivity contribution is 0.129. The van der Waals surface area contributed by atoms with Crippen molar-refractivity contribution in [2.24, 2.45) is 12.2 Å². The molecule has 3 aromatic rings. The van der Waals surface area contributed by atoms with Crippen molar-refractivity contribution in [2.45, 2.75) is 38.7 Å². The molecule has 7 nitrogen and oxygen atoms in total. The van der Waals surface area contributed by atoms with E-state index in [4.69, 9.17) is 4.84 Å². The van der Waals surface area contributed by atoms with Gasteiger partial charge in [0.05, 0.1) is 11.4 Å². The lowest BCUT2D eigenvalue weighted by atomic mass is 10.0. The van der Waals surface area contributed by atoms with Gasteiger partial charge < -0.3 is 4.84 Å². The minimum Gasteiger partial charge on any atom is -0.391 e. The fraction of sp³-hybridized carbons (Fsp3) is 0.333. The maximum Gasteiger partial charge on any atom is 0.368 e. The summed E-state index contributed by atoms with van der Waals surface area (Å²) in [5.41, 5.74) is 3.15. The van der Waals surface area contributed by atoms with Crippen LogP contribution >= 0.6 is 0 Å². The summed E-state index contributed by atoms with van der Waals surface area (Å²) in [6, 6.07) is 11.7. The number of hydrogen-bond donors (Lipinski definition) is 0. The summed E-state index contributed by atoms with van der Waals surface area (Å²) in [4.78, 5) is 17.9. The molecule has 1 fully saturated rings. The Hall–Kier alpha value is -3.36. The molecule has 1 aliphatic rings. The molecular formula is C21H21F2N5O2. The van der Waals surface area contributed by atoms with E-state index in [0.29, 0.717) is 22.9 Å². The van der Waals surface area contributed by atoms with Gasteiger partial charge in [0.25, 0.3) is 6.43 Å². The molecule has 156 valence electrons. The summed E-state index contributed by atoms with van der Waals surface area (Å²) in [7, 11) is 1.54. The number of aromatic nitrogens is 4. The number of tetrazole rings is 1. The highest BCUT2D eigenvalue weighted by Gasteiger charge is 2.28. The van der Waals surface area contributed by atoms with Gasteiger partial charge in [-0.25, -0.2) is 13.6 Å². The monoisotopic (exact) mass is 413 g/mol. The van der Waals surface area contributed by atoms with Crippen LogP contribution in [0.1, 0.15) is 54.4 Å². The zero-order chi connectivity index (χ0) is 21.3. The van der Waals surface area contributed by atoms with Crippen molar-refractivity contribution in [2.75, 3.05) is 0 Å². The Morgan fingerprint density at radius 3 is 2.67 bits per heavy atom. The highest BCUT2D eigenvalue weighted by Crippen LogP contribution is 2.43. The van der Waals surface area contributed by atoms with E-state index in [2.05, 4.69) is 15.6 Å². The Kier molecular flexibility index (Phi) is 5.43. The fourth-order valence-electron chi connectivity index (χ4n) is 3.34. The molecule has 2 aromatic carbocycles. The first kappa shape index (κ1) is 19.9. The van der Waals surface area contributed by atoms with E-state index >= 15 is 0 Å². The summed E-state index contributed by atoms with van der Waals surface area (Å²) in [5.74, 6) is 0.420. The van der Waals surface area contributed by atoms with Gasteiger partial charge in [-0.15, -0.1) is 0 Å². The van der Waals surface area contributed by atoms with Gasteiger partial charge in [0.1, 0.15) is 6.61 Å². The van der Waals surface area contributed by atoms with E-state index in [-0.39, 0.29) is 17.9 Å². The van der Waals surface area contributed by atoms with Crippen LogP contribution in [0.4, 0.5) is 8.78 Å². The lowest BCUT2D eigenvalue weighted by Crippen LogP contribution is -2.23. The molecule has 1 saturated carbocycles. The summed E-state index contributed by atoms with van der Waals surface area (Å²) in [6.07, 6.45) is -0.389. The van der Waals surface area contributed by atoms with E-state index in [1.807, 2.05) is 12.1 Å². The molecule has 1 aromatic heterocycles. The molecule has 0 radical (unpaired) electrons. The smallest absolute Gasteiger partial charge is 0.368 e. The minimum absolute atomic E-state index is 0.0644. The van der Waals surface area contributed by atoms with Crippen LogP contribution in [0.3, 0.4) is 0 Å². The number of rotatable bonds is 7. The van der Waals surface area contributed by atoms with Gasteiger partial charge in [-0.3, -0.25) is 0 Å². The first-order chi connectivity index (χ1) is 14.5. The Bertz CT molecular complexity index is 1150. The first-order valence-electron chi connectivity index (χ1n) is 9.62. The fourth-order valence-corrected chi connectivity index (χ4v) is 3.34. The summed E-state index contributed by atoms with van der Waals surface area (Å²) in [6.45, 7) is 1.82. The molecule has 1 aliphatic carbocycles. The second kappa shape index (κ2) is 8.17. The van der Waals surface area contributed by atoms with E-state index < -0.39 is 6.43 Å². The molecule has 9 heteroatoms. The van der Waals surface area contributed by atoms with Crippen LogP contribution in [0.25, 0.3) is 5.69 Å². The molecule has 0 amide bonds. The number of oxime groups is 1. The molecular weight excluding hydrogens is 392 g/mol. The molecule has 0 aliphatic heterocycles. The third-order valence-electron chi connectivity index (χ3n) is 5.12. The summed E-state index contributed by atoms with van der Waals surface area (Å²) < 4.78 is 28.3. The molecule has 0 atom stereocenters. The zero-order valence-electron chi connectivity index (χ0n) is 16.6. The Morgan fingerprint density at radius 1 is 1.23 bits per heavy atom. The molecule has 4 rings (SSSR count). The second-order valence-corrected chi connectivity index (χ2v) is 7.29. The molecule has 0 unspecified atom stereocenters. The zero-order valence-corrected chi connectivity index (χ0v) is 16.6. The van der Waals surface area contributed by atoms with Crippen LogP contribution < -0.4 is 5.69 Å². The Morgan fingerprint density at radius 2 is 2.00 bits per heavy atom. The van der Waals surface area contributed by atoms with E-state index in [9.17, 15) is 13.6 Å². The van der Waals surface area contributed by atoms with Crippen LogP contribution in [0.5, 0.6) is 0 Å². The third kappa shape index (κ3) is 4.00. The van der Waals surface area contributed by atoms with Crippen LogP contribution in [0, 0.1) is 0 Å². The van der Waals surface area contributed by atoms with Gasteiger partial charge in [-0.05, 0) is 59.4 Å². The summed E-state index contributed by atoms with van der Waals surface area (Å²) in [5, 5.41) is 11.8. The average molecular weight is 413 g/mol. The standard InChI is InChI=1S/C21H21F2N5O2/c1-13(15-5-3-6-16(11-15)20(22)23)24-30-12-18-17(14-9-10-14)7-4-8-19(18)28-21(29)27(2)25-26-28/h3-8,11,14,20H,9-10,12H2,1-2H3. The van der Waals surface area contributed by atoms with Gasteiger partial charge in [0.15, 0.2) is 0 Å². The normalized spacial score (nSPS) is 14.4. The van der Waals surface area contributed by atoms with Gasteiger partial charge in [0, 0.05) is 18.2 Å². The number of benzene rings is 2. The van der Waals surface area contributed by atoms with E-state index in [1.54, 1.807) is 25.1 Å². The average Bonchev–Trinajstić information content (AvgIpc) is 3.54. The number of hydrogen-bond acceptors (Lipinski definition) is 5. The largest absolute Gasteiger partial charge is 0.391 e. The van der Waals surface area contributed by atoms with Crippen molar-refractivity contribution in [3.63, 3.8) is 0 Å². The highest BCUT2D eigenvalue weighted by atomic mass is 19.3. The van der Waals surface area contributed by atoms with Crippen LogP contribution in [0.2, 0.25) is 0 Å². The SMILES string of the molecule is CC(=NOCc1c(C2CC2)cccc1-n1nnn(C)c1=O)c1cccc(C(F)F)c1. The number of halogens is 2. The van der Waals surface area contributed by atoms with E-state index in [1.165, 1.54) is 23.9 Å². The molecule has 30 heavy (non-hydrogen) atoms. The quantitative estimate of drug-likeness (QED) is 0.437. The second-order valence-electron chi connectivity index (χ2n) is 7.29. The maximum absolute atomic E-state index is 12.9. The predicted octanol–water partition coefficient (Wildman–Crippen LogP) is 3.72. The van der Waals surface area contributed by atoms with Crippen LogP contribution in [0.15, 0.2) is 52.4 Å². The van der Waals surface area contributed by atoms with Crippen molar-refractivity contribution in [1.29, 1.82) is 0 Å². The minimum atomic E-state index is -2.54. The van der Waals surface area contributed by atoms with Gasteiger partial charge in [-0.1, -0.05) is 35.5 Å². The first-order valence-corrected chi connectivity index (χ1v) is 9.62. The van der Waals surface area contributed by atoms with Crippen molar-refractivity contribution in [3.8, 4) is 5.69 Å².